The Hall–Kier alpha value is -0.860. The number of hydrogen-bond acceptors (Lipinski definition) is 3. The number of nitrogens with zero attached hydrogens (tertiary/aromatic N) is 2. The van der Waals surface area contributed by atoms with Crippen molar-refractivity contribution in [2.75, 3.05) is 39.8 Å². The van der Waals surface area contributed by atoms with E-state index in [4.69, 9.17) is 4.74 Å². The van der Waals surface area contributed by atoms with Gasteiger partial charge in [-0.05, 0) is 18.4 Å². The van der Waals surface area contributed by atoms with Crippen molar-refractivity contribution in [2.45, 2.75) is 33.4 Å². The van der Waals surface area contributed by atoms with E-state index in [9.17, 15) is 0 Å². The van der Waals surface area contributed by atoms with Gasteiger partial charge in [0.25, 0.3) is 0 Å². The number of guanidine groups is 1. The number of nitrogens with one attached hydrogen (secondary N) is 2. The molecule has 1 unspecified atom stereocenters. The van der Waals surface area contributed by atoms with Crippen LogP contribution in [-0.2, 0) is 11.3 Å². The highest BCUT2D eigenvalue weighted by Gasteiger charge is 2.20. The highest BCUT2D eigenvalue weighted by Crippen LogP contribution is 2.07. The molecule has 0 radical (unpaired) electrons. The van der Waals surface area contributed by atoms with E-state index >= 15 is 0 Å². The minimum absolute atomic E-state index is 0. The summed E-state index contributed by atoms with van der Waals surface area (Å²) in [5.41, 5.74) is 2.53. The van der Waals surface area contributed by atoms with E-state index in [0.29, 0.717) is 5.92 Å². The van der Waals surface area contributed by atoms with E-state index in [1.54, 1.807) is 7.05 Å². The molecule has 0 amide bonds. The Morgan fingerprint density at radius 3 is 2.64 bits per heavy atom. The first-order valence-corrected chi connectivity index (χ1v) is 8.91. The molecule has 0 aliphatic carbocycles. The third-order valence-electron chi connectivity index (χ3n) is 4.15. The van der Waals surface area contributed by atoms with Crippen LogP contribution in [0.1, 0.15) is 25.0 Å². The Labute approximate surface area is 169 Å². The lowest BCUT2D eigenvalue weighted by molar-refractivity contribution is -0.0284. The molecule has 25 heavy (non-hydrogen) atoms. The van der Waals surface area contributed by atoms with Gasteiger partial charge in [0.05, 0.1) is 12.7 Å². The molecule has 0 bridgehead atoms. The summed E-state index contributed by atoms with van der Waals surface area (Å²) in [5.74, 6) is 1.51. The fraction of sp³-hybridized carbons (Fsp3) is 0.632. The van der Waals surface area contributed by atoms with Gasteiger partial charge in [-0.3, -0.25) is 9.89 Å². The molecule has 142 valence electrons. The van der Waals surface area contributed by atoms with Crippen LogP contribution in [-0.4, -0.2) is 56.8 Å². The SMILES string of the molecule is CN=C(NCc1ccc(C)cc1)NCC1CN(CC(C)C)CCO1.I. The van der Waals surface area contributed by atoms with E-state index in [-0.39, 0.29) is 30.1 Å². The molecule has 5 nitrogen and oxygen atoms in total. The molecule has 2 N–H and O–H groups in total. The van der Waals surface area contributed by atoms with Crippen molar-refractivity contribution in [3.8, 4) is 0 Å². The van der Waals surface area contributed by atoms with Gasteiger partial charge in [-0.15, -0.1) is 24.0 Å². The third kappa shape index (κ3) is 8.37. The molecule has 1 saturated heterocycles. The second-order valence-electron chi connectivity index (χ2n) is 6.94. The normalized spacial score (nSPS) is 18.8. The zero-order valence-corrected chi connectivity index (χ0v) is 18.2. The van der Waals surface area contributed by atoms with Gasteiger partial charge in [0.15, 0.2) is 5.96 Å². The first kappa shape index (κ1) is 22.2. The maximum atomic E-state index is 5.87. The maximum absolute atomic E-state index is 5.87. The van der Waals surface area contributed by atoms with Crippen molar-refractivity contribution in [3.05, 3.63) is 35.4 Å². The summed E-state index contributed by atoms with van der Waals surface area (Å²) in [6.45, 7) is 12.2. The zero-order valence-electron chi connectivity index (χ0n) is 15.9. The van der Waals surface area contributed by atoms with Crippen LogP contribution in [0.25, 0.3) is 0 Å². The van der Waals surface area contributed by atoms with Gasteiger partial charge in [-0.2, -0.15) is 0 Å². The lowest BCUT2D eigenvalue weighted by atomic mass is 10.1. The van der Waals surface area contributed by atoms with E-state index in [0.717, 1.165) is 45.3 Å². The number of aliphatic imine (C=N–C) groups is 1. The van der Waals surface area contributed by atoms with E-state index in [1.165, 1.54) is 11.1 Å². The second kappa shape index (κ2) is 11.7. The lowest BCUT2D eigenvalue weighted by Gasteiger charge is -2.34. The number of halogens is 1. The topological polar surface area (TPSA) is 48.9 Å². The van der Waals surface area contributed by atoms with Crippen LogP contribution >= 0.6 is 24.0 Å². The smallest absolute Gasteiger partial charge is 0.191 e. The Balaban J connectivity index is 0.00000312. The molecule has 1 aromatic carbocycles. The molecule has 1 atom stereocenters. The van der Waals surface area contributed by atoms with Crippen molar-refractivity contribution in [1.82, 2.24) is 15.5 Å². The number of benzene rings is 1. The Kier molecular flexibility index (Phi) is 10.4. The average molecular weight is 460 g/mol. The lowest BCUT2D eigenvalue weighted by Crippen LogP contribution is -2.50. The number of morpholine rings is 1. The highest BCUT2D eigenvalue weighted by atomic mass is 127. The van der Waals surface area contributed by atoms with Gasteiger partial charge in [-0.25, -0.2) is 0 Å². The van der Waals surface area contributed by atoms with Gasteiger partial charge in [-0.1, -0.05) is 43.7 Å². The van der Waals surface area contributed by atoms with Crippen LogP contribution in [0.15, 0.2) is 29.3 Å². The molecule has 0 saturated carbocycles. The zero-order chi connectivity index (χ0) is 17.4. The summed E-state index contributed by atoms with van der Waals surface area (Å²) in [5, 5.41) is 6.74. The predicted octanol–water partition coefficient (Wildman–Crippen LogP) is 2.63. The summed E-state index contributed by atoms with van der Waals surface area (Å²) in [6.07, 6.45) is 0.218. The van der Waals surface area contributed by atoms with Gasteiger partial charge in [0.2, 0.25) is 0 Å². The van der Waals surface area contributed by atoms with E-state index in [2.05, 4.69) is 65.6 Å². The average Bonchev–Trinajstić information content (AvgIpc) is 2.56. The second-order valence-corrected chi connectivity index (χ2v) is 6.94. The van der Waals surface area contributed by atoms with Gasteiger partial charge >= 0.3 is 0 Å². The number of ether oxygens (including phenoxy) is 1. The van der Waals surface area contributed by atoms with Crippen molar-refractivity contribution in [3.63, 3.8) is 0 Å². The van der Waals surface area contributed by atoms with Crippen LogP contribution in [0.4, 0.5) is 0 Å². The van der Waals surface area contributed by atoms with E-state index < -0.39 is 0 Å². The standard InChI is InChI=1S/C19H32N4O.HI/c1-15(2)13-23-9-10-24-18(14-23)12-22-19(20-4)21-11-17-7-5-16(3)6-8-17;/h5-8,15,18H,9-14H2,1-4H3,(H2,20,21,22);1H. The van der Waals surface area contributed by atoms with Gasteiger partial charge in [0.1, 0.15) is 0 Å². The molecule has 1 heterocycles. The highest BCUT2D eigenvalue weighted by molar-refractivity contribution is 14.0. The summed E-state index contributed by atoms with van der Waals surface area (Å²) < 4.78 is 5.87. The summed E-state index contributed by atoms with van der Waals surface area (Å²) in [4.78, 5) is 6.79. The molecular weight excluding hydrogens is 427 g/mol. The van der Waals surface area contributed by atoms with Crippen LogP contribution in [0.5, 0.6) is 0 Å². The van der Waals surface area contributed by atoms with Crippen molar-refractivity contribution in [1.29, 1.82) is 0 Å². The van der Waals surface area contributed by atoms with Crippen molar-refractivity contribution in [2.24, 2.45) is 10.9 Å². The van der Waals surface area contributed by atoms with Crippen molar-refractivity contribution < 1.29 is 4.74 Å². The molecule has 2 rings (SSSR count). The molecule has 1 aromatic rings. The summed E-state index contributed by atoms with van der Waals surface area (Å²) >= 11 is 0. The van der Waals surface area contributed by atoms with Gasteiger partial charge < -0.3 is 15.4 Å². The summed E-state index contributed by atoms with van der Waals surface area (Å²) in [6, 6.07) is 8.55. The number of aryl methyl sites for hydroxylation is 1. The molecule has 1 aliphatic rings. The quantitative estimate of drug-likeness (QED) is 0.390. The largest absolute Gasteiger partial charge is 0.374 e. The van der Waals surface area contributed by atoms with Gasteiger partial charge in [0, 0.05) is 39.8 Å². The maximum Gasteiger partial charge on any atom is 0.191 e. The fourth-order valence-electron chi connectivity index (χ4n) is 2.91. The Bertz CT molecular complexity index is 519. The number of hydrogen-bond donors (Lipinski definition) is 2. The van der Waals surface area contributed by atoms with Crippen LogP contribution in [0.3, 0.4) is 0 Å². The molecule has 6 heteroatoms. The first-order valence-electron chi connectivity index (χ1n) is 8.91. The molecule has 0 spiro atoms. The minimum Gasteiger partial charge on any atom is -0.374 e. The molecule has 1 aliphatic heterocycles. The van der Waals surface area contributed by atoms with Crippen LogP contribution in [0, 0.1) is 12.8 Å². The Morgan fingerprint density at radius 1 is 1.28 bits per heavy atom. The Morgan fingerprint density at radius 2 is 2.00 bits per heavy atom. The number of rotatable bonds is 6. The summed E-state index contributed by atoms with van der Waals surface area (Å²) in [7, 11) is 1.80. The first-order chi connectivity index (χ1) is 11.6. The monoisotopic (exact) mass is 460 g/mol. The van der Waals surface area contributed by atoms with Crippen molar-refractivity contribution >= 4 is 29.9 Å². The molecule has 1 fully saturated rings. The van der Waals surface area contributed by atoms with E-state index in [1.807, 2.05) is 0 Å². The predicted molar refractivity (Wildman–Crippen MR) is 116 cm³/mol. The van der Waals surface area contributed by atoms with Crippen LogP contribution < -0.4 is 10.6 Å². The molecule has 0 aromatic heterocycles. The fourth-order valence-corrected chi connectivity index (χ4v) is 2.91. The van der Waals surface area contributed by atoms with Crippen LogP contribution in [0.2, 0.25) is 0 Å². The minimum atomic E-state index is 0. The molecular formula is C19H33IN4O. The third-order valence-corrected chi connectivity index (χ3v) is 4.15.